The number of piperazine rings is 1. The summed E-state index contributed by atoms with van der Waals surface area (Å²) in [6, 6.07) is 13.4. The zero-order valence-corrected chi connectivity index (χ0v) is 19.3. The Balaban J connectivity index is 1.46. The predicted octanol–water partition coefficient (Wildman–Crippen LogP) is 0.518. The van der Waals surface area contributed by atoms with Gasteiger partial charge in [0.2, 0.25) is 15.9 Å². The molecule has 0 radical (unpaired) electrons. The van der Waals surface area contributed by atoms with Gasteiger partial charge < -0.3 is 4.90 Å². The molecule has 10 nitrogen and oxygen atoms in total. The third-order valence-electron chi connectivity index (χ3n) is 5.52. The zero-order chi connectivity index (χ0) is 23.8. The number of rotatable bonds is 4. The second kappa shape index (κ2) is 8.58. The lowest BCUT2D eigenvalue weighted by Gasteiger charge is -2.34. The van der Waals surface area contributed by atoms with Crippen molar-refractivity contribution in [3.8, 4) is 6.07 Å². The SMILES string of the molecule is CC(N=C1NS(=O)(=O)c2ccccc21)C(=O)N1CCN(S(=O)(=O)c2ccccc2C#N)CC1. The van der Waals surface area contributed by atoms with Crippen LogP contribution in [0.3, 0.4) is 0 Å². The average Bonchev–Trinajstić information content (AvgIpc) is 3.08. The van der Waals surface area contributed by atoms with Crippen molar-refractivity contribution in [1.82, 2.24) is 13.9 Å². The second-order valence-corrected chi connectivity index (χ2v) is 11.1. The quantitative estimate of drug-likeness (QED) is 0.667. The van der Waals surface area contributed by atoms with Crippen LogP contribution in [0.2, 0.25) is 0 Å². The fourth-order valence-corrected chi connectivity index (χ4v) is 6.62. The van der Waals surface area contributed by atoms with Gasteiger partial charge in [-0.3, -0.25) is 14.5 Å². The Labute approximate surface area is 192 Å². The van der Waals surface area contributed by atoms with E-state index in [1.165, 1.54) is 27.4 Å². The number of hydrogen-bond acceptors (Lipinski definition) is 7. The van der Waals surface area contributed by atoms with E-state index in [4.69, 9.17) is 0 Å². The standard InChI is InChI=1S/C21H21N5O5S2/c1-15(23-20-17-7-3-5-9-19(17)32(28,29)24-20)21(27)25-10-12-26(13-11-25)33(30,31)18-8-4-2-6-16(18)14-22/h2-9,15H,10-13H2,1H3,(H,23,24). The molecule has 2 aromatic carbocycles. The number of aliphatic imine (C=N–C) groups is 1. The van der Waals surface area contributed by atoms with E-state index < -0.39 is 26.1 Å². The molecule has 1 saturated heterocycles. The number of carbonyl (C=O) groups is 1. The predicted molar refractivity (Wildman–Crippen MR) is 119 cm³/mol. The molecule has 0 aromatic heterocycles. The minimum atomic E-state index is -3.87. The smallest absolute Gasteiger partial charge is 0.263 e. The number of amides is 1. The molecule has 33 heavy (non-hydrogen) atoms. The van der Waals surface area contributed by atoms with Gasteiger partial charge in [0.05, 0.1) is 15.4 Å². The third-order valence-corrected chi connectivity index (χ3v) is 8.87. The van der Waals surface area contributed by atoms with Gasteiger partial charge in [-0.15, -0.1) is 0 Å². The van der Waals surface area contributed by atoms with Gasteiger partial charge in [-0.1, -0.05) is 24.3 Å². The fraction of sp³-hybridized carbons (Fsp3) is 0.286. The van der Waals surface area contributed by atoms with E-state index in [1.807, 2.05) is 6.07 Å². The van der Waals surface area contributed by atoms with Gasteiger partial charge in [-0.2, -0.15) is 9.57 Å². The number of nitrogens with one attached hydrogen (secondary N) is 1. The Bertz CT molecular complexity index is 1390. The van der Waals surface area contributed by atoms with Crippen molar-refractivity contribution < 1.29 is 21.6 Å². The van der Waals surface area contributed by atoms with E-state index in [0.717, 1.165) is 0 Å². The number of nitrogens with zero attached hydrogens (tertiary/aromatic N) is 4. The zero-order valence-electron chi connectivity index (χ0n) is 17.7. The van der Waals surface area contributed by atoms with E-state index in [0.29, 0.717) is 5.56 Å². The van der Waals surface area contributed by atoms with Crippen LogP contribution in [0.15, 0.2) is 63.3 Å². The maximum Gasteiger partial charge on any atom is 0.263 e. The lowest BCUT2D eigenvalue weighted by atomic mass is 10.2. The van der Waals surface area contributed by atoms with Crippen molar-refractivity contribution in [2.24, 2.45) is 4.99 Å². The molecule has 1 N–H and O–H groups in total. The third kappa shape index (κ3) is 4.22. The summed E-state index contributed by atoms with van der Waals surface area (Å²) in [7, 11) is -7.58. The molecule has 2 aliphatic heterocycles. The molecule has 4 rings (SSSR count). The Morgan fingerprint density at radius 1 is 1.09 bits per heavy atom. The van der Waals surface area contributed by atoms with Crippen molar-refractivity contribution in [2.75, 3.05) is 26.2 Å². The number of fused-ring (bicyclic) bond motifs is 1. The van der Waals surface area contributed by atoms with Crippen LogP contribution in [0.25, 0.3) is 0 Å². The monoisotopic (exact) mass is 487 g/mol. The first-order chi connectivity index (χ1) is 15.6. The first-order valence-corrected chi connectivity index (χ1v) is 13.1. The molecule has 1 amide bonds. The number of sulfonamides is 2. The number of carbonyl (C=O) groups excluding carboxylic acids is 1. The van der Waals surface area contributed by atoms with Crippen molar-refractivity contribution in [1.29, 1.82) is 5.26 Å². The van der Waals surface area contributed by atoms with Gasteiger partial charge in [-0.05, 0) is 31.2 Å². The van der Waals surface area contributed by atoms with E-state index in [-0.39, 0.29) is 53.3 Å². The van der Waals surface area contributed by atoms with E-state index >= 15 is 0 Å². The second-order valence-electron chi connectivity index (χ2n) is 7.59. The Kier molecular flexibility index (Phi) is 5.96. The molecule has 12 heteroatoms. The van der Waals surface area contributed by atoms with Gasteiger partial charge in [0.25, 0.3) is 10.0 Å². The summed E-state index contributed by atoms with van der Waals surface area (Å²) >= 11 is 0. The van der Waals surface area contributed by atoms with Crippen LogP contribution >= 0.6 is 0 Å². The minimum Gasteiger partial charge on any atom is -0.338 e. The fourth-order valence-electron chi connectivity index (χ4n) is 3.81. The van der Waals surface area contributed by atoms with Crippen LogP contribution in [0.4, 0.5) is 0 Å². The molecular formula is C21H21N5O5S2. The molecule has 2 aromatic rings. The van der Waals surface area contributed by atoms with Crippen LogP contribution in [-0.2, 0) is 24.8 Å². The van der Waals surface area contributed by atoms with Crippen LogP contribution in [0.5, 0.6) is 0 Å². The lowest BCUT2D eigenvalue weighted by molar-refractivity contribution is -0.133. The minimum absolute atomic E-state index is 0.0563. The molecule has 1 fully saturated rings. The van der Waals surface area contributed by atoms with Crippen molar-refractivity contribution >= 4 is 31.8 Å². The van der Waals surface area contributed by atoms with E-state index in [9.17, 15) is 26.9 Å². The van der Waals surface area contributed by atoms with Crippen molar-refractivity contribution in [2.45, 2.75) is 22.8 Å². The summed E-state index contributed by atoms with van der Waals surface area (Å²) in [5.41, 5.74) is 0.476. The molecule has 0 saturated carbocycles. The van der Waals surface area contributed by atoms with Crippen molar-refractivity contribution in [3.63, 3.8) is 0 Å². The average molecular weight is 488 g/mol. The van der Waals surface area contributed by atoms with Gasteiger partial charge in [0, 0.05) is 31.7 Å². The molecular weight excluding hydrogens is 466 g/mol. The normalized spacial score (nSPS) is 20.0. The van der Waals surface area contributed by atoms with Crippen LogP contribution in [-0.4, -0.2) is 70.0 Å². The highest BCUT2D eigenvalue weighted by molar-refractivity contribution is 7.90. The highest BCUT2D eigenvalue weighted by atomic mass is 32.2. The summed E-state index contributed by atoms with van der Waals surface area (Å²) < 4.78 is 54.1. The summed E-state index contributed by atoms with van der Waals surface area (Å²) in [5, 5.41) is 9.23. The Morgan fingerprint density at radius 2 is 1.73 bits per heavy atom. The molecule has 1 unspecified atom stereocenters. The highest BCUT2D eigenvalue weighted by Crippen LogP contribution is 2.24. The summed E-state index contributed by atoms with van der Waals surface area (Å²) in [5.74, 6) is -0.221. The lowest BCUT2D eigenvalue weighted by Crippen LogP contribution is -2.52. The topological polar surface area (TPSA) is 140 Å². The van der Waals surface area contributed by atoms with E-state index in [1.54, 1.807) is 37.3 Å². The number of nitriles is 1. The number of benzene rings is 2. The molecule has 0 aliphatic carbocycles. The largest absolute Gasteiger partial charge is 0.338 e. The maximum atomic E-state index is 13.0. The molecule has 0 bridgehead atoms. The Morgan fingerprint density at radius 3 is 2.42 bits per heavy atom. The van der Waals surface area contributed by atoms with Crippen LogP contribution < -0.4 is 4.72 Å². The highest BCUT2D eigenvalue weighted by Gasteiger charge is 2.34. The van der Waals surface area contributed by atoms with Gasteiger partial charge in [0.15, 0.2) is 0 Å². The molecule has 2 aliphatic rings. The molecule has 0 spiro atoms. The molecule has 172 valence electrons. The summed E-state index contributed by atoms with van der Waals surface area (Å²) in [4.78, 5) is 18.8. The number of amidine groups is 1. The van der Waals surface area contributed by atoms with Crippen molar-refractivity contribution in [3.05, 3.63) is 59.7 Å². The van der Waals surface area contributed by atoms with Gasteiger partial charge in [0.1, 0.15) is 17.9 Å². The molecule has 2 heterocycles. The first-order valence-electron chi connectivity index (χ1n) is 10.1. The van der Waals surface area contributed by atoms with Crippen LogP contribution in [0, 0.1) is 11.3 Å². The van der Waals surface area contributed by atoms with Gasteiger partial charge >= 0.3 is 0 Å². The van der Waals surface area contributed by atoms with Gasteiger partial charge in [-0.25, -0.2) is 16.8 Å². The summed E-state index contributed by atoms with van der Waals surface area (Å²) in [6.45, 7) is 2.03. The molecule has 1 atom stereocenters. The van der Waals surface area contributed by atoms with Crippen LogP contribution in [0.1, 0.15) is 18.1 Å². The van der Waals surface area contributed by atoms with E-state index in [2.05, 4.69) is 9.71 Å². The maximum absolute atomic E-state index is 13.0. The Hall–Kier alpha value is -3.27. The summed E-state index contributed by atoms with van der Waals surface area (Å²) in [6.07, 6.45) is 0. The number of hydrogen-bond donors (Lipinski definition) is 1. The first kappa shape index (κ1) is 22.9.